The summed E-state index contributed by atoms with van der Waals surface area (Å²) in [4.78, 5) is 16.7. The van der Waals surface area contributed by atoms with E-state index in [1.807, 2.05) is 23.1 Å². The Kier molecular flexibility index (Phi) is 5.47. The number of hydrogen-bond acceptors (Lipinski definition) is 4. The second kappa shape index (κ2) is 7.77. The molecular weight excluding hydrogens is 312 g/mol. The number of nitrogens with one attached hydrogen (secondary N) is 1. The first-order valence-electron chi connectivity index (χ1n) is 9.51. The monoisotopic (exact) mass is 340 g/mol. The van der Waals surface area contributed by atoms with Crippen molar-refractivity contribution < 1.29 is 4.79 Å². The Morgan fingerprint density at radius 2 is 2.12 bits per heavy atom. The number of nitriles is 1. The van der Waals surface area contributed by atoms with Gasteiger partial charge < -0.3 is 15.1 Å². The fourth-order valence-corrected chi connectivity index (χ4v) is 3.97. The maximum Gasteiger partial charge on any atom is 0.224 e. The first-order chi connectivity index (χ1) is 12.2. The Labute approximate surface area is 150 Å². The van der Waals surface area contributed by atoms with E-state index in [2.05, 4.69) is 30.1 Å². The third kappa shape index (κ3) is 3.73. The van der Waals surface area contributed by atoms with E-state index in [1.165, 1.54) is 0 Å². The zero-order valence-electron chi connectivity index (χ0n) is 15.3. The lowest BCUT2D eigenvalue weighted by molar-refractivity contribution is -0.127. The normalized spacial score (nSPS) is 22.0. The number of fused-ring (bicyclic) bond motifs is 1. The molecule has 1 saturated heterocycles. The van der Waals surface area contributed by atoms with Crippen molar-refractivity contribution in [2.45, 2.75) is 58.5 Å². The van der Waals surface area contributed by atoms with Crippen molar-refractivity contribution in [2.75, 3.05) is 23.4 Å². The van der Waals surface area contributed by atoms with Gasteiger partial charge in [0.05, 0.1) is 29.7 Å². The van der Waals surface area contributed by atoms with E-state index in [4.69, 9.17) is 5.26 Å². The van der Waals surface area contributed by atoms with Crippen LogP contribution in [-0.2, 0) is 4.79 Å². The zero-order chi connectivity index (χ0) is 17.8. The second-order valence-corrected chi connectivity index (χ2v) is 7.23. The van der Waals surface area contributed by atoms with E-state index in [0.717, 1.165) is 50.0 Å². The number of carbonyl (C=O) groups is 1. The van der Waals surface area contributed by atoms with Crippen LogP contribution in [0.1, 0.15) is 57.9 Å². The highest BCUT2D eigenvalue weighted by Crippen LogP contribution is 2.37. The van der Waals surface area contributed by atoms with Gasteiger partial charge in [-0.3, -0.25) is 4.79 Å². The minimum Gasteiger partial charge on any atom is -0.363 e. The van der Waals surface area contributed by atoms with Crippen LogP contribution in [0.5, 0.6) is 0 Å². The van der Waals surface area contributed by atoms with Crippen molar-refractivity contribution in [1.29, 1.82) is 5.26 Å². The number of hydrogen-bond donors (Lipinski definition) is 1. The largest absolute Gasteiger partial charge is 0.363 e. The Balaban J connectivity index is 1.77. The molecule has 0 aromatic heterocycles. The fraction of sp³-hybridized carbons (Fsp3) is 0.600. The highest BCUT2D eigenvalue weighted by molar-refractivity contribution is 5.81. The standard InChI is InChI=1S/C20H28N4O/c1-3-5-7-19-22-17-10-15(12-21)8-9-18(17)24(19)14-23-13-16(6-4-2)11-20(23)25/h8-10,16,19,22H,3-7,11,13-14H2,1-2H3. The number of likely N-dealkylation sites (tertiary alicyclic amines) is 1. The van der Waals surface area contributed by atoms with Gasteiger partial charge in [0, 0.05) is 13.0 Å². The molecule has 1 amide bonds. The minimum absolute atomic E-state index is 0.196. The van der Waals surface area contributed by atoms with Crippen molar-refractivity contribution in [3.63, 3.8) is 0 Å². The van der Waals surface area contributed by atoms with Crippen molar-refractivity contribution in [2.24, 2.45) is 5.92 Å². The average Bonchev–Trinajstić information content (AvgIpc) is 3.13. The van der Waals surface area contributed by atoms with Gasteiger partial charge in [0.1, 0.15) is 6.17 Å². The molecule has 1 aromatic rings. The molecule has 2 aliphatic heterocycles. The van der Waals surface area contributed by atoms with Gasteiger partial charge in [-0.15, -0.1) is 0 Å². The molecule has 134 valence electrons. The van der Waals surface area contributed by atoms with Crippen molar-refractivity contribution in [3.05, 3.63) is 23.8 Å². The van der Waals surface area contributed by atoms with Crippen LogP contribution in [0.25, 0.3) is 0 Å². The van der Waals surface area contributed by atoms with Crippen LogP contribution >= 0.6 is 0 Å². The van der Waals surface area contributed by atoms with Crippen LogP contribution in [0.4, 0.5) is 11.4 Å². The number of nitrogens with zero attached hydrogens (tertiary/aromatic N) is 3. The molecule has 5 nitrogen and oxygen atoms in total. The average molecular weight is 340 g/mol. The summed E-state index contributed by atoms with van der Waals surface area (Å²) in [5.74, 6) is 0.775. The van der Waals surface area contributed by atoms with Crippen LogP contribution < -0.4 is 10.2 Å². The number of carbonyl (C=O) groups excluding carboxylic acids is 1. The molecule has 2 heterocycles. The smallest absolute Gasteiger partial charge is 0.224 e. The molecule has 1 aromatic carbocycles. The van der Waals surface area contributed by atoms with Crippen molar-refractivity contribution in [3.8, 4) is 6.07 Å². The molecule has 25 heavy (non-hydrogen) atoms. The molecule has 5 heteroatoms. The third-order valence-electron chi connectivity index (χ3n) is 5.28. The molecule has 0 saturated carbocycles. The Bertz CT molecular complexity index is 666. The van der Waals surface area contributed by atoms with Crippen molar-refractivity contribution >= 4 is 17.3 Å². The third-order valence-corrected chi connectivity index (χ3v) is 5.28. The fourth-order valence-electron chi connectivity index (χ4n) is 3.97. The summed E-state index contributed by atoms with van der Waals surface area (Å²) in [6, 6.07) is 8.00. The molecular formula is C20H28N4O. The van der Waals surface area contributed by atoms with Crippen LogP contribution in [0.2, 0.25) is 0 Å². The highest BCUT2D eigenvalue weighted by Gasteiger charge is 2.34. The van der Waals surface area contributed by atoms with E-state index in [-0.39, 0.29) is 12.1 Å². The predicted molar refractivity (Wildman–Crippen MR) is 100 cm³/mol. The molecule has 0 aliphatic carbocycles. The number of amides is 1. The number of unbranched alkanes of at least 4 members (excludes halogenated alkanes) is 1. The molecule has 3 rings (SSSR count). The maximum absolute atomic E-state index is 12.4. The molecule has 0 spiro atoms. The molecule has 1 N–H and O–H groups in total. The lowest BCUT2D eigenvalue weighted by Gasteiger charge is -2.31. The van der Waals surface area contributed by atoms with Gasteiger partial charge in [-0.25, -0.2) is 0 Å². The summed E-state index contributed by atoms with van der Waals surface area (Å²) in [5.41, 5.74) is 2.78. The van der Waals surface area contributed by atoms with E-state index < -0.39 is 0 Å². The molecule has 2 aliphatic rings. The van der Waals surface area contributed by atoms with Crippen LogP contribution in [-0.4, -0.2) is 30.2 Å². The SMILES string of the molecule is CCCCC1Nc2cc(C#N)ccc2N1CN1CC(CCC)CC1=O. The summed E-state index contributed by atoms with van der Waals surface area (Å²) in [6.45, 7) is 5.88. The van der Waals surface area contributed by atoms with Gasteiger partial charge in [0.25, 0.3) is 0 Å². The lowest BCUT2D eigenvalue weighted by atomic mass is 10.0. The number of rotatable bonds is 7. The Hall–Kier alpha value is -2.22. The summed E-state index contributed by atoms with van der Waals surface area (Å²) >= 11 is 0. The van der Waals surface area contributed by atoms with Crippen molar-refractivity contribution in [1.82, 2.24) is 4.90 Å². The summed E-state index contributed by atoms with van der Waals surface area (Å²) in [7, 11) is 0. The minimum atomic E-state index is 0.196. The number of benzene rings is 1. The van der Waals surface area contributed by atoms with Gasteiger partial charge in [-0.05, 0) is 43.4 Å². The van der Waals surface area contributed by atoms with Crippen LogP contribution in [0, 0.1) is 17.2 Å². The van der Waals surface area contributed by atoms with Crippen LogP contribution in [0.15, 0.2) is 18.2 Å². The van der Waals surface area contributed by atoms with Crippen LogP contribution in [0.3, 0.4) is 0 Å². The second-order valence-electron chi connectivity index (χ2n) is 7.23. The molecule has 2 unspecified atom stereocenters. The quantitative estimate of drug-likeness (QED) is 0.817. The van der Waals surface area contributed by atoms with Gasteiger partial charge in [0.15, 0.2) is 0 Å². The lowest BCUT2D eigenvalue weighted by Crippen LogP contribution is -2.44. The first kappa shape index (κ1) is 17.6. The van der Waals surface area contributed by atoms with E-state index in [9.17, 15) is 4.79 Å². The van der Waals surface area contributed by atoms with Gasteiger partial charge in [0.2, 0.25) is 5.91 Å². The highest BCUT2D eigenvalue weighted by atomic mass is 16.2. The summed E-state index contributed by atoms with van der Waals surface area (Å²) in [5, 5.41) is 12.7. The molecule has 0 bridgehead atoms. The maximum atomic E-state index is 12.4. The first-order valence-corrected chi connectivity index (χ1v) is 9.51. The Morgan fingerprint density at radius 1 is 1.28 bits per heavy atom. The van der Waals surface area contributed by atoms with Gasteiger partial charge in [-0.2, -0.15) is 5.26 Å². The van der Waals surface area contributed by atoms with Gasteiger partial charge in [-0.1, -0.05) is 26.7 Å². The molecule has 1 fully saturated rings. The predicted octanol–water partition coefficient (Wildman–Crippen LogP) is 3.91. The summed E-state index contributed by atoms with van der Waals surface area (Å²) in [6.07, 6.45) is 6.47. The number of anilines is 2. The molecule has 0 radical (unpaired) electrons. The van der Waals surface area contributed by atoms with E-state index >= 15 is 0 Å². The molecule has 2 atom stereocenters. The topological polar surface area (TPSA) is 59.4 Å². The van der Waals surface area contributed by atoms with E-state index in [1.54, 1.807) is 0 Å². The summed E-state index contributed by atoms with van der Waals surface area (Å²) < 4.78 is 0. The zero-order valence-corrected chi connectivity index (χ0v) is 15.3. The van der Waals surface area contributed by atoms with E-state index in [0.29, 0.717) is 24.6 Å². The van der Waals surface area contributed by atoms with Gasteiger partial charge >= 0.3 is 0 Å². The Morgan fingerprint density at radius 3 is 2.84 bits per heavy atom.